The van der Waals surface area contributed by atoms with Crippen molar-refractivity contribution in [3.05, 3.63) is 42.4 Å². The molecule has 0 spiro atoms. The molecule has 0 saturated heterocycles. The Morgan fingerprint density at radius 3 is 2.60 bits per heavy atom. The first-order valence-electron chi connectivity index (χ1n) is 8.48. The van der Waals surface area contributed by atoms with Crippen LogP contribution in [0, 0.1) is 5.92 Å². The highest BCUT2D eigenvalue weighted by Crippen LogP contribution is 2.20. The third kappa shape index (κ3) is 6.06. The molecular weight excluding hydrogens is 320 g/mol. The fraction of sp³-hybridized carbons (Fsp3) is 0.421. The van der Waals surface area contributed by atoms with Crippen molar-refractivity contribution in [2.24, 2.45) is 5.92 Å². The number of aliphatic carboxylic acids is 1. The van der Waals surface area contributed by atoms with Gasteiger partial charge in [0, 0.05) is 18.4 Å². The maximum absolute atomic E-state index is 11.9. The molecule has 2 rings (SSSR count). The van der Waals surface area contributed by atoms with E-state index < -0.39 is 12.0 Å². The van der Waals surface area contributed by atoms with Gasteiger partial charge in [-0.2, -0.15) is 0 Å². The van der Waals surface area contributed by atoms with Crippen LogP contribution in [0.5, 0.6) is 0 Å². The number of aryl methyl sites for hydroxylation is 1. The molecule has 1 amide bonds. The van der Waals surface area contributed by atoms with Crippen LogP contribution in [0.2, 0.25) is 0 Å². The number of carboxylic acid groups (broad SMARTS) is 1. The second kappa shape index (κ2) is 9.01. The van der Waals surface area contributed by atoms with Gasteiger partial charge in [0.25, 0.3) is 0 Å². The number of benzene rings is 1. The summed E-state index contributed by atoms with van der Waals surface area (Å²) in [6, 6.07) is 8.84. The second-order valence-electron chi connectivity index (χ2n) is 6.43. The van der Waals surface area contributed by atoms with E-state index in [1.165, 1.54) is 0 Å². The van der Waals surface area contributed by atoms with E-state index in [0.29, 0.717) is 30.9 Å². The Balaban J connectivity index is 1.79. The quantitative estimate of drug-likeness (QED) is 0.728. The van der Waals surface area contributed by atoms with Crippen LogP contribution in [-0.2, 0) is 16.0 Å². The highest BCUT2D eigenvalue weighted by Gasteiger charge is 2.20. The highest BCUT2D eigenvalue weighted by molar-refractivity contribution is 5.83. The number of hydrogen-bond donors (Lipinski definition) is 2. The summed E-state index contributed by atoms with van der Waals surface area (Å²) in [5.41, 5.74) is 0.956. The van der Waals surface area contributed by atoms with Gasteiger partial charge in [-0.05, 0) is 18.8 Å². The van der Waals surface area contributed by atoms with Gasteiger partial charge in [0.05, 0.1) is 6.20 Å². The van der Waals surface area contributed by atoms with Crippen molar-refractivity contribution < 1.29 is 19.1 Å². The topological polar surface area (TPSA) is 92.4 Å². The van der Waals surface area contributed by atoms with E-state index in [4.69, 9.17) is 9.52 Å². The van der Waals surface area contributed by atoms with Gasteiger partial charge in [0.1, 0.15) is 6.04 Å². The van der Waals surface area contributed by atoms with Crippen LogP contribution in [0.4, 0.5) is 0 Å². The van der Waals surface area contributed by atoms with Crippen LogP contribution >= 0.6 is 0 Å². The largest absolute Gasteiger partial charge is 0.480 e. The van der Waals surface area contributed by atoms with Gasteiger partial charge >= 0.3 is 5.97 Å². The lowest BCUT2D eigenvalue weighted by atomic mass is 10.0. The first-order chi connectivity index (χ1) is 12.0. The van der Waals surface area contributed by atoms with Gasteiger partial charge in [-0.15, -0.1) is 0 Å². The highest BCUT2D eigenvalue weighted by atomic mass is 16.4. The lowest BCUT2D eigenvalue weighted by Gasteiger charge is -2.16. The van der Waals surface area contributed by atoms with Gasteiger partial charge < -0.3 is 14.8 Å². The summed E-state index contributed by atoms with van der Waals surface area (Å²) in [4.78, 5) is 27.3. The summed E-state index contributed by atoms with van der Waals surface area (Å²) < 4.78 is 5.69. The molecule has 1 heterocycles. The van der Waals surface area contributed by atoms with Crippen LogP contribution in [0.1, 0.15) is 39.0 Å². The van der Waals surface area contributed by atoms with E-state index >= 15 is 0 Å². The van der Waals surface area contributed by atoms with Crippen LogP contribution in [0.25, 0.3) is 11.3 Å². The molecule has 1 aromatic heterocycles. The average molecular weight is 344 g/mol. The molecule has 2 aromatic rings. The summed E-state index contributed by atoms with van der Waals surface area (Å²) >= 11 is 0. The van der Waals surface area contributed by atoms with Crippen LogP contribution in [-0.4, -0.2) is 28.0 Å². The number of aromatic nitrogens is 1. The first kappa shape index (κ1) is 18.7. The van der Waals surface area contributed by atoms with Gasteiger partial charge in [-0.1, -0.05) is 44.2 Å². The molecule has 25 heavy (non-hydrogen) atoms. The number of rotatable bonds is 9. The summed E-state index contributed by atoms with van der Waals surface area (Å²) in [5.74, 6) is 0.210. The minimum atomic E-state index is -0.998. The van der Waals surface area contributed by atoms with Gasteiger partial charge in [0.2, 0.25) is 5.91 Å². The molecule has 2 N–H and O–H groups in total. The maximum Gasteiger partial charge on any atom is 0.326 e. The Hall–Kier alpha value is -2.63. The number of nitrogens with zero attached hydrogens (tertiary/aromatic N) is 1. The van der Waals surface area contributed by atoms with Crippen molar-refractivity contribution >= 4 is 11.9 Å². The van der Waals surface area contributed by atoms with Crippen molar-refractivity contribution in [1.29, 1.82) is 0 Å². The Labute approximate surface area is 147 Å². The molecule has 0 saturated carbocycles. The van der Waals surface area contributed by atoms with Gasteiger partial charge in [-0.3, -0.25) is 4.79 Å². The first-order valence-corrected chi connectivity index (χ1v) is 8.48. The normalized spacial score (nSPS) is 12.1. The number of amides is 1. The number of hydrogen-bond acceptors (Lipinski definition) is 4. The molecule has 6 nitrogen and oxygen atoms in total. The van der Waals surface area contributed by atoms with Crippen molar-refractivity contribution in [1.82, 2.24) is 10.3 Å². The molecule has 134 valence electrons. The number of oxazole rings is 1. The number of nitrogens with one attached hydrogen (secondary N) is 1. The molecule has 0 radical (unpaired) electrons. The predicted molar refractivity (Wildman–Crippen MR) is 93.9 cm³/mol. The number of carbonyl (C=O) groups is 2. The Kier molecular flexibility index (Phi) is 6.74. The smallest absolute Gasteiger partial charge is 0.326 e. The SMILES string of the molecule is CC(C)CC(NC(=O)CCCc1ncc(-c2ccccc2)o1)C(=O)O. The third-order valence-corrected chi connectivity index (χ3v) is 3.75. The molecule has 0 aliphatic carbocycles. The number of carboxylic acids is 1. The van der Waals surface area contributed by atoms with Crippen molar-refractivity contribution in [2.45, 2.75) is 45.6 Å². The van der Waals surface area contributed by atoms with E-state index in [1.54, 1.807) is 6.20 Å². The molecule has 1 aromatic carbocycles. The Bertz CT molecular complexity index is 694. The minimum absolute atomic E-state index is 0.199. The molecule has 0 fully saturated rings. The molecule has 6 heteroatoms. The molecule has 0 aliphatic heterocycles. The predicted octanol–water partition coefficient (Wildman–Crippen LogP) is 3.28. The second-order valence-corrected chi connectivity index (χ2v) is 6.43. The summed E-state index contributed by atoms with van der Waals surface area (Å²) in [7, 11) is 0. The van der Waals surface area contributed by atoms with E-state index in [9.17, 15) is 9.59 Å². The molecule has 1 unspecified atom stereocenters. The maximum atomic E-state index is 11.9. The fourth-order valence-electron chi connectivity index (χ4n) is 2.52. The van der Waals surface area contributed by atoms with Crippen molar-refractivity contribution in [3.8, 4) is 11.3 Å². The van der Waals surface area contributed by atoms with Gasteiger partial charge in [0.15, 0.2) is 11.7 Å². The van der Waals surface area contributed by atoms with Crippen LogP contribution < -0.4 is 5.32 Å². The minimum Gasteiger partial charge on any atom is -0.480 e. The van der Waals surface area contributed by atoms with Crippen LogP contribution in [0.15, 0.2) is 40.9 Å². The zero-order valence-corrected chi connectivity index (χ0v) is 14.6. The third-order valence-electron chi connectivity index (χ3n) is 3.75. The zero-order chi connectivity index (χ0) is 18.2. The zero-order valence-electron chi connectivity index (χ0n) is 14.6. The fourth-order valence-corrected chi connectivity index (χ4v) is 2.52. The van der Waals surface area contributed by atoms with E-state index in [-0.39, 0.29) is 18.2 Å². The Morgan fingerprint density at radius 2 is 1.96 bits per heavy atom. The number of carbonyl (C=O) groups excluding carboxylic acids is 1. The monoisotopic (exact) mass is 344 g/mol. The molecule has 1 atom stereocenters. The average Bonchev–Trinajstić information content (AvgIpc) is 3.03. The van der Waals surface area contributed by atoms with E-state index in [1.807, 2.05) is 44.2 Å². The summed E-state index contributed by atoms with van der Waals surface area (Å²) in [5, 5.41) is 11.7. The van der Waals surface area contributed by atoms with Crippen molar-refractivity contribution in [3.63, 3.8) is 0 Å². The van der Waals surface area contributed by atoms with E-state index in [2.05, 4.69) is 10.3 Å². The van der Waals surface area contributed by atoms with Gasteiger partial charge in [-0.25, -0.2) is 9.78 Å². The standard InChI is InChI=1S/C19H24N2O4/c1-13(2)11-15(19(23)24)21-17(22)9-6-10-18-20-12-16(25-18)14-7-4-3-5-8-14/h3-5,7-8,12-13,15H,6,9-11H2,1-2H3,(H,21,22)(H,23,24). The summed E-state index contributed by atoms with van der Waals surface area (Å²) in [6.07, 6.45) is 3.41. The van der Waals surface area contributed by atoms with Crippen LogP contribution in [0.3, 0.4) is 0 Å². The molecular formula is C19H24N2O4. The van der Waals surface area contributed by atoms with Crippen molar-refractivity contribution in [2.75, 3.05) is 0 Å². The molecule has 0 aliphatic rings. The Morgan fingerprint density at radius 1 is 1.24 bits per heavy atom. The lowest BCUT2D eigenvalue weighted by Crippen LogP contribution is -2.41. The summed E-state index contributed by atoms with van der Waals surface area (Å²) in [6.45, 7) is 3.85. The molecule has 0 bridgehead atoms. The lowest BCUT2D eigenvalue weighted by molar-refractivity contribution is -0.142. The van der Waals surface area contributed by atoms with E-state index in [0.717, 1.165) is 5.56 Å².